The molecule has 0 spiro atoms. The van der Waals surface area contributed by atoms with Gasteiger partial charge in [0, 0.05) is 19.2 Å². The van der Waals surface area contributed by atoms with Crippen molar-refractivity contribution >= 4 is 5.82 Å². The SMILES string of the molecule is COc1ccc(-n2nc(CN3CCCC(C)C3)cc2N)cc1. The van der Waals surface area contributed by atoms with Gasteiger partial charge in [0.1, 0.15) is 11.6 Å². The molecule has 2 heterocycles. The Morgan fingerprint density at radius 3 is 2.77 bits per heavy atom. The average molecular weight is 300 g/mol. The number of rotatable bonds is 4. The molecule has 5 heteroatoms. The predicted octanol–water partition coefficient (Wildman–Crippen LogP) is 2.70. The van der Waals surface area contributed by atoms with Crippen LogP contribution in [-0.4, -0.2) is 34.9 Å². The Morgan fingerprint density at radius 2 is 2.09 bits per heavy atom. The smallest absolute Gasteiger partial charge is 0.127 e. The lowest BCUT2D eigenvalue weighted by Crippen LogP contribution is -2.33. The lowest BCUT2D eigenvalue weighted by Gasteiger charge is -2.30. The maximum atomic E-state index is 6.13. The van der Waals surface area contributed by atoms with Crippen molar-refractivity contribution in [3.63, 3.8) is 0 Å². The molecule has 0 amide bonds. The molecule has 3 rings (SSSR count). The van der Waals surface area contributed by atoms with Gasteiger partial charge in [-0.25, -0.2) is 4.68 Å². The summed E-state index contributed by atoms with van der Waals surface area (Å²) in [6.07, 6.45) is 2.61. The molecular formula is C17H24N4O. The number of aromatic nitrogens is 2. The third-order valence-electron chi connectivity index (χ3n) is 4.23. The third kappa shape index (κ3) is 3.25. The maximum absolute atomic E-state index is 6.13. The minimum absolute atomic E-state index is 0.672. The van der Waals surface area contributed by atoms with Gasteiger partial charge in [0.15, 0.2) is 0 Å². The number of methoxy groups -OCH3 is 1. The van der Waals surface area contributed by atoms with E-state index in [1.54, 1.807) is 11.8 Å². The molecule has 0 radical (unpaired) electrons. The lowest BCUT2D eigenvalue weighted by molar-refractivity contribution is 0.174. The van der Waals surface area contributed by atoms with E-state index in [-0.39, 0.29) is 0 Å². The Bertz CT molecular complexity index is 620. The van der Waals surface area contributed by atoms with Gasteiger partial charge in [0.25, 0.3) is 0 Å². The van der Waals surface area contributed by atoms with Gasteiger partial charge in [-0.1, -0.05) is 6.92 Å². The normalized spacial score (nSPS) is 19.3. The van der Waals surface area contributed by atoms with Crippen LogP contribution in [0.2, 0.25) is 0 Å². The summed E-state index contributed by atoms with van der Waals surface area (Å²) in [5.74, 6) is 2.28. The number of ether oxygens (including phenoxy) is 1. The van der Waals surface area contributed by atoms with E-state index in [0.717, 1.165) is 42.7 Å². The van der Waals surface area contributed by atoms with E-state index in [0.29, 0.717) is 5.82 Å². The van der Waals surface area contributed by atoms with Crippen molar-refractivity contribution in [3.05, 3.63) is 36.0 Å². The van der Waals surface area contributed by atoms with Crippen molar-refractivity contribution in [1.82, 2.24) is 14.7 Å². The number of likely N-dealkylation sites (tertiary alicyclic amines) is 1. The molecule has 1 saturated heterocycles. The summed E-state index contributed by atoms with van der Waals surface area (Å²) in [4.78, 5) is 2.47. The highest BCUT2D eigenvalue weighted by Gasteiger charge is 2.18. The number of nitrogen functional groups attached to an aromatic ring is 1. The first-order chi connectivity index (χ1) is 10.7. The fourth-order valence-electron chi connectivity index (χ4n) is 3.11. The highest BCUT2D eigenvalue weighted by atomic mass is 16.5. The number of hydrogen-bond acceptors (Lipinski definition) is 4. The van der Waals surface area contributed by atoms with Crippen LogP contribution in [0.3, 0.4) is 0 Å². The van der Waals surface area contributed by atoms with Gasteiger partial charge >= 0.3 is 0 Å². The Kier molecular flexibility index (Phi) is 4.34. The Labute approximate surface area is 131 Å². The van der Waals surface area contributed by atoms with Crippen LogP contribution in [0.5, 0.6) is 5.75 Å². The largest absolute Gasteiger partial charge is 0.497 e. The number of piperidine rings is 1. The van der Waals surface area contributed by atoms with Crippen molar-refractivity contribution in [2.45, 2.75) is 26.3 Å². The summed E-state index contributed by atoms with van der Waals surface area (Å²) in [6, 6.07) is 9.75. The molecule has 1 fully saturated rings. The van der Waals surface area contributed by atoms with Gasteiger partial charge in [-0.05, 0) is 49.6 Å². The van der Waals surface area contributed by atoms with Crippen LogP contribution in [0.1, 0.15) is 25.5 Å². The second kappa shape index (κ2) is 6.40. The van der Waals surface area contributed by atoms with Crippen molar-refractivity contribution in [3.8, 4) is 11.4 Å². The minimum atomic E-state index is 0.672. The van der Waals surface area contributed by atoms with Crippen LogP contribution in [0.25, 0.3) is 5.69 Å². The van der Waals surface area contributed by atoms with E-state index in [4.69, 9.17) is 10.5 Å². The van der Waals surface area contributed by atoms with E-state index in [9.17, 15) is 0 Å². The van der Waals surface area contributed by atoms with Crippen molar-refractivity contribution < 1.29 is 4.74 Å². The molecular weight excluding hydrogens is 276 g/mol. The molecule has 0 saturated carbocycles. The zero-order valence-electron chi connectivity index (χ0n) is 13.3. The second-order valence-electron chi connectivity index (χ2n) is 6.15. The first-order valence-electron chi connectivity index (χ1n) is 7.87. The number of nitrogens with two attached hydrogens (primary N) is 1. The summed E-state index contributed by atoms with van der Waals surface area (Å²) in [7, 11) is 1.66. The zero-order valence-corrected chi connectivity index (χ0v) is 13.3. The second-order valence-corrected chi connectivity index (χ2v) is 6.15. The molecule has 118 valence electrons. The van der Waals surface area contributed by atoms with Gasteiger partial charge in [-0.15, -0.1) is 0 Å². The van der Waals surface area contributed by atoms with Crippen LogP contribution in [0.15, 0.2) is 30.3 Å². The summed E-state index contributed by atoms with van der Waals surface area (Å²) in [5, 5.41) is 4.66. The molecule has 0 aliphatic carbocycles. The van der Waals surface area contributed by atoms with Crippen LogP contribution >= 0.6 is 0 Å². The monoisotopic (exact) mass is 300 g/mol. The van der Waals surface area contributed by atoms with Gasteiger partial charge in [-0.3, -0.25) is 4.90 Å². The average Bonchev–Trinajstić information content (AvgIpc) is 2.88. The van der Waals surface area contributed by atoms with Gasteiger partial charge < -0.3 is 10.5 Å². The highest BCUT2D eigenvalue weighted by Crippen LogP contribution is 2.21. The lowest BCUT2D eigenvalue weighted by atomic mass is 10.0. The van der Waals surface area contributed by atoms with Crippen LogP contribution in [0, 0.1) is 5.92 Å². The van der Waals surface area contributed by atoms with Crippen LogP contribution < -0.4 is 10.5 Å². The number of benzene rings is 1. The molecule has 1 atom stereocenters. The van der Waals surface area contributed by atoms with Crippen molar-refractivity contribution in [2.24, 2.45) is 5.92 Å². The van der Waals surface area contributed by atoms with E-state index < -0.39 is 0 Å². The van der Waals surface area contributed by atoms with Crippen LogP contribution in [0.4, 0.5) is 5.82 Å². The molecule has 1 aliphatic heterocycles. The molecule has 0 bridgehead atoms. The first-order valence-corrected chi connectivity index (χ1v) is 7.87. The molecule has 22 heavy (non-hydrogen) atoms. The van der Waals surface area contributed by atoms with Crippen molar-refractivity contribution in [2.75, 3.05) is 25.9 Å². The summed E-state index contributed by atoms with van der Waals surface area (Å²) in [5.41, 5.74) is 8.11. The zero-order chi connectivity index (χ0) is 15.5. The molecule has 2 aromatic rings. The Morgan fingerprint density at radius 1 is 1.32 bits per heavy atom. The quantitative estimate of drug-likeness (QED) is 0.943. The first kappa shape index (κ1) is 14.9. The minimum Gasteiger partial charge on any atom is -0.497 e. The summed E-state index contributed by atoms with van der Waals surface area (Å²) in [6.45, 7) is 5.49. The van der Waals surface area contributed by atoms with E-state index in [1.807, 2.05) is 30.3 Å². The number of nitrogens with zero attached hydrogens (tertiary/aromatic N) is 3. The van der Waals surface area contributed by atoms with Gasteiger partial charge in [0.05, 0.1) is 18.5 Å². The Balaban J connectivity index is 1.75. The molecule has 1 aromatic heterocycles. The molecule has 1 aromatic carbocycles. The number of anilines is 1. The fraction of sp³-hybridized carbons (Fsp3) is 0.471. The third-order valence-corrected chi connectivity index (χ3v) is 4.23. The van der Waals surface area contributed by atoms with Crippen LogP contribution in [-0.2, 0) is 6.54 Å². The fourth-order valence-corrected chi connectivity index (χ4v) is 3.11. The molecule has 1 unspecified atom stereocenters. The van der Waals surface area contributed by atoms with E-state index in [1.165, 1.54) is 12.8 Å². The number of hydrogen-bond donors (Lipinski definition) is 1. The highest BCUT2D eigenvalue weighted by molar-refractivity contribution is 5.44. The molecule has 5 nitrogen and oxygen atoms in total. The van der Waals surface area contributed by atoms with Gasteiger partial charge in [0.2, 0.25) is 0 Å². The van der Waals surface area contributed by atoms with E-state index in [2.05, 4.69) is 16.9 Å². The molecule has 1 aliphatic rings. The standard InChI is InChI=1S/C17H24N4O/c1-13-4-3-9-20(11-13)12-14-10-17(18)21(19-14)15-5-7-16(22-2)8-6-15/h5-8,10,13H,3-4,9,11-12,18H2,1-2H3. The van der Waals surface area contributed by atoms with E-state index >= 15 is 0 Å². The van der Waals surface area contributed by atoms with Crippen molar-refractivity contribution in [1.29, 1.82) is 0 Å². The maximum Gasteiger partial charge on any atom is 0.127 e. The predicted molar refractivity (Wildman–Crippen MR) is 88.2 cm³/mol. The summed E-state index contributed by atoms with van der Waals surface area (Å²) >= 11 is 0. The summed E-state index contributed by atoms with van der Waals surface area (Å²) < 4.78 is 6.98. The Hall–Kier alpha value is -2.01. The topological polar surface area (TPSA) is 56.3 Å². The van der Waals surface area contributed by atoms with Gasteiger partial charge in [-0.2, -0.15) is 5.10 Å². The molecule has 2 N–H and O–H groups in total.